The first kappa shape index (κ1) is 13.9. The summed E-state index contributed by atoms with van der Waals surface area (Å²) in [5.41, 5.74) is 8.71. The van der Waals surface area contributed by atoms with Crippen molar-refractivity contribution >= 4 is 38.3 Å². The average molecular weight is 325 g/mol. The molecule has 0 unspecified atom stereocenters. The highest BCUT2D eigenvalue weighted by molar-refractivity contribution is 6.15. The Hall–Kier alpha value is -3.53. The highest BCUT2D eigenvalue weighted by Crippen LogP contribution is 2.34. The zero-order valence-electron chi connectivity index (χ0n) is 13.3. The number of hydrogen-bond acceptors (Lipinski definition) is 3. The van der Waals surface area contributed by atoms with Gasteiger partial charge in [-0.1, -0.05) is 42.5 Å². The number of imidazole rings is 1. The number of aromatic nitrogens is 2. The molecule has 4 N–H and O–H groups in total. The fourth-order valence-electron chi connectivity index (χ4n) is 3.44. The van der Waals surface area contributed by atoms with E-state index in [1.807, 2.05) is 18.2 Å². The first-order valence-corrected chi connectivity index (χ1v) is 8.10. The monoisotopic (exact) mass is 325 g/mol. The lowest BCUT2D eigenvalue weighted by molar-refractivity contribution is 0.477. The van der Waals surface area contributed by atoms with E-state index in [-0.39, 0.29) is 5.75 Å². The van der Waals surface area contributed by atoms with Crippen LogP contribution in [0, 0.1) is 0 Å². The molecule has 5 aromatic rings. The second-order valence-corrected chi connectivity index (χ2v) is 6.21. The molecule has 4 heteroatoms. The number of nitrogens with two attached hydrogens (primary N) is 1. The van der Waals surface area contributed by atoms with Gasteiger partial charge in [0.15, 0.2) is 0 Å². The lowest BCUT2D eigenvalue weighted by atomic mass is 10.0. The van der Waals surface area contributed by atoms with Crippen LogP contribution in [0.5, 0.6) is 5.75 Å². The first-order valence-electron chi connectivity index (χ1n) is 8.10. The van der Waals surface area contributed by atoms with Gasteiger partial charge in [0.1, 0.15) is 11.6 Å². The van der Waals surface area contributed by atoms with Crippen LogP contribution in [0.3, 0.4) is 0 Å². The summed E-state index contributed by atoms with van der Waals surface area (Å²) in [5, 5.41) is 14.9. The molecule has 0 spiro atoms. The molecule has 0 radical (unpaired) electrons. The fourth-order valence-corrected chi connectivity index (χ4v) is 3.44. The molecule has 4 nitrogen and oxygen atoms in total. The van der Waals surface area contributed by atoms with E-state index in [1.54, 1.807) is 12.1 Å². The molecule has 0 amide bonds. The van der Waals surface area contributed by atoms with Gasteiger partial charge < -0.3 is 15.8 Å². The second kappa shape index (κ2) is 4.98. The van der Waals surface area contributed by atoms with Crippen molar-refractivity contribution in [3.05, 3.63) is 66.7 Å². The molecule has 0 saturated carbocycles. The Kier molecular flexibility index (Phi) is 2.76. The van der Waals surface area contributed by atoms with Crippen LogP contribution in [0.15, 0.2) is 66.7 Å². The van der Waals surface area contributed by atoms with Crippen LogP contribution in [0.2, 0.25) is 0 Å². The Morgan fingerprint density at radius 1 is 0.840 bits per heavy atom. The number of nitrogen functional groups attached to an aromatic ring is 1. The number of fused-ring (bicyclic) bond motifs is 5. The van der Waals surface area contributed by atoms with E-state index < -0.39 is 0 Å². The van der Waals surface area contributed by atoms with E-state index in [4.69, 9.17) is 10.7 Å². The van der Waals surface area contributed by atoms with Gasteiger partial charge in [-0.25, -0.2) is 4.98 Å². The summed E-state index contributed by atoms with van der Waals surface area (Å²) in [7, 11) is 0. The summed E-state index contributed by atoms with van der Waals surface area (Å²) in [6.45, 7) is 0. The van der Waals surface area contributed by atoms with Gasteiger partial charge in [0, 0.05) is 17.1 Å². The summed E-state index contributed by atoms with van der Waals surface area (Å²) in [6.07, 6.45) is 0. The SMILES string of the molecule is Nc1ccc(-c2nc3c(ccc4c5ccccc5ccc43)[nH]2)c(O)c1. The number of nitrogens with one attached hydrogen (secondary N) is 1. The molecule has 5 rings (SSSR count). The minimum Gasteiger partial charge on any atom is -0.507 e. The zero-order chi connectivity index (χ0) is 17.0. The number of hydrogen-bond donors (Lipinski definition) is 3. The van der Waals surface area contributed by atoms with Gasteiger partial charge in [0.25, 0.3) is 0 Å². The van der Waals surface area contributed by atoms with Crippen molar-refractivity contribution < 1.29 is 5.11 Å². The van der Waals surface area contributed by atoms with E-state index in [2.05, 4.69) is 35.3 Å². The molecule has 0 saturated heterocycles. The number of aromatic hydroxyl groups is 1. The molecule has 0 aliphatic rings. The molecule has 0 atom stereocenters. The number of benzene rings is 4. The van der Waals surface area contributed by atoms with Gasteiger partial charge in [-0.15, -0.1) is 0 Å². The van der Waals surface area contributed by atoms with Gasteiger partial charge >= 0.3 is 0 Å². The Balaban J connectivity index is 1.82. The maximum atomic E-state index is 10.2. The highest BCUT2D eigenvalue weighted by Gasteiger charge is 2.12. The van der Waals surface area contributed by atoms with Gasteiger partial charge in [0.2, 0.25) is 0 Å². The molecular weight excluding hydrogens is 310 g/mol. The van der Waals surface area contributed by atoms with Crippen molar-refractivity contribution in [2.45, 2.75) is 0 Å². The Labute approximate surface area is 143 Å². The smallest absolute Gasteiger partial charge is 0.142 e. The normalized spacial score (nSPS) is 11.5. The topological polar surface area (TPSA) is 74.9 Å². The van der Waals surface area contributed by atoms with Crippen molar-refractivity contribution in [2.75, 3.05) is 5.73 Å². The third-order valence-corrected chi connectivity index (χ3v) is 4.65. The molecule has 0 aliphatic carbocycles. The second-order valence-electron chi connectivity index (χ2n) is 6.21. The summed E-state index contributed by atoms with van der Waals surface area (Å²) in [5.74, 6) is 0.752. The number of rotatable bonds is 1. The number of phenolic OH excluding ortho intramolecular Hbond substituents is 1. The highest BCUT2D eigenvalue weighted by atomic mass is 16.3. The number of H-pyrrole nitrogens is 1. The fraction of sp³-hybridized carbons (Fsp3) is 0. The molecule has 0 bridgehead atoms. The minimum absolute atomic E-state index is 0.119. The first-order chi connectivity index (χ1) is 12.2. The quantitative estimate of drug-likeness (QED) is 0.305. The van der Waals surface area contributed by atoms with Gasteiger partial charge in [0.05, 0.1) is 16.6 Å². The molecule has 0 fully saturated rings. The predicted octanol–water partition coefficient (Wildman–Crippen LogP) is 4.82. The third-order valence-electron chi connectivity index (χ3n) is 4.65. The van der Waals surface area contributed by atoms with Crippen LogP contribution in [0.25, 0.3) is 44.0 Å². The van der Waals surface area contributed by atoms with Crippen LogP contribution in [0.1, 0.15) is 0 Å². The van der Waals surface area contributed by atoms with Crippen LogP contribution < -0.4 is 5.73 Å². The molecule has 1 aromatic heterocycles. The summed E-state index contributed by atoms with van der Waals surface area (Å²) < 4.78 is 0. The van der Waals surface area contributed by atoms with Crippen LogP contribution in [-0.2, 0) is 0 Å². The zero-order valence-corrected chi connectivity index (χ0v) is 13.3. The average Bonchev–Trinajstić information content (AvgIpc) is 3.05. The minimum atomic E-state index is 0.119. The van der Waals surface area contributed by atoms with Crippen molar-refractivity contribution in [2.24, 2.45) is 0 Å². The lowest BCUT2D eigenvalue weighted by Gasteiger charge is -2.04. The predicted molar refractivity (Wildman–Crippen MR) is 103 cm³/mol. The van der Waals surface area contributed by atoms with Gasteiger partial charge in [-0.05, 0) is 34.4 Å². The van der Waals surface area contributed by atoms with E-state index >= 15 is 0 Å². The largest absolute Gasteiger partial charge is 0.507 e. The van der Waals surface area contributed by atoms with E-state index in [0.29, 0.717) is 17.1 Å². The standard InChI is InChI=1S/C21H15N3O/c22-13-6-8-17(19(25)11-13)21-23-18-10-9-15-14-4-2-1-3-12(14)5-7-16(15)20(18)24-21/h1-11,25H,22H2,(H,23,24). The molecule has 1 heterocycles. The Morgan fingerprint density at radius 2 is 1.68 bits per heavy atom. The summed E-state index contributed by atoms with van der Waals surface area (Å²) in [6, 6.07) is 21.8. The van der Waals surface area contributed by atoms with Crippen molar-refractivity contribution in [3.63, 3.8) is 0 Å². The number of anilines is 1. The van der Waals surface area contributed by atoms with Crippen LogP contribution >= 0.6 is 0 Å². The Bertz CT molecular complexity index is 1270. The molecule has 4 aromatic carbocycles. The van der Waals surface area contributed by atoms with Crippen LogP contribution in [0.4, 0.5) is 5.69 Å². The van der Waals surface area contributed by atoms with Gasteiger partial charge in [-0.2, -0.15) is 0 Å². The number of nitrogens with zero attached hydrogens (tertiary/aromatic N) is 1. The van der Waals surface area contributed by atoms with Crippen molar-refractivity contribution in [1.82, 2.24) is 9.97 Å². The molecule has 25 heavy (non-hydrogen) atoms. The Morgan fingerprint density at radius 3 is 2.56 bits per heavy atom. The summed E-state index contributed by atoms with van der Waals surface area (Å²) >= 11 is 0. The number of aromatic amines is 1. The summed E-state index contributed by atoms with van der Waals surface area (Å²) in [4.78, 5) is 8.05. The van der Waals surface area contributed by atoms with Crippen molar-refractivity contribution in [1.29, 1.82) is 0 Å². The van der Waals surface area contributed by atoms with Crippen molar-refractivity contribution in [3.8, 4) is 17.1 Å². The molecular formula is C21H15N3O. The van der Waals surface area contributed by atoms with Crippen LogP contribution in [-0.4, -0.2) is 15.1 Å². The van der Waals surface area contributed by atoms with Gasteiger partial charge in [-0.3, -0.25) is 0 Å². The maximum Gasteiger partial charge on any atom is 0.142 e. The number of phenols is 1. The van der Waals surface area contributed by atoms with E-state index in [0.717, 1.165) is 16.4 Å². The maximum absolute atomic E-state index is 10.2. The third kappa shape index (κ3) is 2.04. The molecule has 0 aliphatic heterocycles. The molecule has 120 valence electrons. The van der Waals surface area contributed by atoms with E-state index in [1.165, 1.54) is 22.2 Å². The van der Waals surface area contributed by atoms with E-state index in [9.17, 15) is 5.11 Å². The lowest BCUT2D eigenvalue weighted by Crippen LogP contribution is -1.86.